The molecule has 146 valence electrons. The van der Waals surface area contributed by atoms with Crippen molar-refractivity contribution in [3.63, 3.8) is 0 Å². The Bertz CT molecular complexity index is 387. The van der Waals surface area contributed by atoms with Crippen molar-refractivity contribution in [2.24, 2.45) is 0 Å². The number of hydrogen-bond acceptors (Lipinski definition) is 9. The van der Waals surface area contributed by atoms with Crippen LogP contribution in [0.5, 0.6) is 0 Å². The predicted octanol–water partition coefficient (Wildman–Crippen LogP) is -2.10. The molecule has 10 heteroatoms. The van der Waals surface area contributed by atoms with Gasteiger partial charge in [-0.2, -0.15) is 0 Å². The molecule has 0 aromatic rings. The zero-order valence-electron chi connectivity index (χ0n) is 15.8. The second-order valence-corrected chi connectivity index (χ2v) is 9.69. The first kappa shape index (κ1) is 32.0. The standard InChI is InChI=1S/3C4H6O3.C4H9.Zr/c3*1-3(5)2-4(6)7;1-4(2)3;/h3*2H2,1H3,(H,6,7);1-3H3;/q;;;;+3/p-3. The minimum absolute atomic E-state index is 0.375. The third-order valence-corrected chi connectivity index (χ3v) is 1.18. The monoisotopic (exact) mass is 450 g/mol. The van der Waals surface area contributed by atoms with E-state index in [4.69, 9.17) is 0 Å². The summed E-state index contributed by atoms with van der Waals surface area (Å²) in [6, 6.07) is 0. The van der Waals surface area contributed by atoms with Crippen LogP contribution in [0.15, 0.2) is 0 Å². The summed E-state index contributed by atoms with van der Waals surface area (Å²) in [5.41, 5.74) is 0. The molecule has 0 saturated heterocycles. The van der Waals surface area contributed by atoms with Crippen molar-refractivity contribution < 1.29 is 68.8 Å². The molecule has 0 spiro atoms. The maximum absolute atomic E-state index is 9.83. The maximum atomic E-state index is 9.83. The van der Waals surface area contributed by atoms with E-state index in [1.165, 1.54) is 20.8 Å². The fourth-order valence-corrected chi connectivity index (χ4v) is 0.610. The summed E-state index contributed by atoms with van der Waals surface area (Å²) in [4.78, 5) is 57.9. The number of Topliss-reactive ketones (excluding diaryl/α,β-unsaturated/α-hetero) is 3. The average Bonchev–Trinajstić information content (AvgIpc) is 2.20. The van der Waals surface area contributed by atoms with Crippen molar-refractivity contribution >= 4 is 35.3 Å². The number of rotatable bonds is 6. The van der Waals surface area contributed by atoms with E-state index in [2.05, 4.69) is 20.8 Å². The molecule has 0 fully saturated rings. The van der Waals surface area contributed by atoms with Gasteiger partial charge in [-0.25, -0.2) is 0 Å². The SMILES string of the molecule is CC(=O)CC(=O)[O-].CC(=O)CC(=O)[O-].CC(=O)CC(=O)[O-].C[C](C)(C)[Zr+3]. The normalized spacial score (nSPS) is 8.92. The Balaban J connectivity index is -0.000000125. The van der Waals surface area contributed by atoms with Gasteiger partial charge in [-0.1, -0.05) is 0 Å². The Morgan fingerprint density at radius 2 is 0.731 bits per heavy atom. The Hall–Kier alpha value is -1.70. The van der Waals surface area contributed by atoms with Crippen LogP contribution in [0.4, 0.5) is 0 Å². The van der Waals surface area contributed by atoms with E-state index >= 15 is 0 Å². The van der Waals surface area contributed by atoms with Crippen LogP contribution < -0.4 is 15.3 Å². The van der Waals surface area contributed by atoms with Crippen molar-refractivity contribution in [1.82, 2.24) is 0 Å². The molecule has 0 aliphatic heterocycles. The van der Waals surface area contributed by atoms with Crippen molar-refractivity contribution in [3.05, 3.63) is 0 Å². The molecule has 0 rings (SSSR count). The summed E-state index contributed by atoms with van der Waals surface area (Å²) in [6.07, 6.45) is -1.42. The number of carboxylic acids is 3. The van der Waals surface area contributed by atoms with Crippen LogP contribution in [0, 0.1) is 0 Å². The van der Waals surface area contributed by atoms with Crippen LogP contribution in [0.3, 0.4) is 0 Å². The molecule has 26 heavy (non-hydrogen) atoms. The van der Waals surface area contributed by atoms with E-state index in [0.29, 0.717) is 3.12 Å². The van der Waals surface area contributed by atoms with Gasteiger partial charge < -0.3 is 29.7 Å². The van der Waals surface area contributed by atoms with Crippen LogP contribution in [0.2, 0.25) is 3.12 Å². The predicted molar refractivity (Wildman–Crippen MR) is 80.6 cm³/mol. The number of carbonyl (C=O) groups excluding carboxylic acids is 6. The molecule has 0 aromatic carbocycles. The summed E-state index contributed by atoms with van der Waals surface area (Å²) in [5, 5.41) is 28.4. The van der Waals surface area contributed by atoms with Crippen LogP contribution in [0.1, 0.15) is 60.8 Å². The molecular formula is C16H24O9Zr. The molecule has 9 nitrogen and oxygen atoms in total. The quantitative estimate of drug-likeness (QED) is 0.410. The first-order chi connectivity index (χ1) is 11.4. The zero-order valence-corrected chi connectivity index (χ0v) is 18.3. The van der Waals surface area contributed by atoms with E-state index < -0.39 is 37.2 Å². The summed E-state index contributed by atoms with van der Waals surface area (Å²) in [6.45, 7) is 10.3. The molecule has 0 amide bonds. The number of carboxylic acid groups (broad SMARTS) is 3. The van der Waals surface area contributed by atoms with E-state index in [1.54, 1.807) is 24.7 Å². The Morgan fingerprint density at radius 3 is 0.731 bits per heavy atom. The van der Waals surface area contributed by atoms with Crippen molar-refractivity contribution in [3.8, 4) is 0 Å². The van der Waals surface area contributed by atoms with Gasteiger partial charge in [-0.05, 0) is 20.8 Å². The zero-order chi connectivity index (χ0) is 22.1. The molecule has 0 saturated carbocycles. The van der Waals surface area contributed by atoms with E-state index in [0.717, 1.165) is 0 Å². The number of hydrogen-bond donors (Lipinski definition) is 0. The second-order valence-electron chi connectivity index (χ2n) is 6.00. The minimum atomic E-state index is -1.31. The van der Waals surface area contributed by atoms with Crippen molar-refractivity contribution in [2.45, 2.75) is 63.9 Å². The van der Waals surface area contributed by atoms with Crippen LogP contribution in [-0.4, -0.2) is 35.3 Å². The summed E-state index contributed by atoms with van der Waals surface area (Å²) in [7, 11) is 0. The summed E-state index contributed by atoms with van der Waals surface area (Å²) < 4.78 is 0.590. The molecule has 0 radical (unpaired) electrons. The topological polar surface area (TPSA) is 172 Å². The Labute approximate surface area is 168 Å². The molecule has 0 bridgehead atoms. The third-order valence-electron chi connectivity index (χ3n) is 1.18. The van der Waals surface area contributed by atoms with Gasteiger partial charge in [0.1, 0.15) is 17.3 Å². The van der Waals surface area contributed by atoms with Gasteiger partial charge in [0.2, 0.25) is 0 Å². The number of carbonyl (C=O) groups is 6. The first-order valence-corrected chi connectivity index (χ1v) is 8.44. The van der Waals surface area contributed by atoms with Gasteiger partial charge in [0.05, 0.1) is 0 Å². The third kappa shape index (κ3) is 95.3. The fraction of sp³-hybridized carbons (Fsp3) is 0.625. The molecule has 0 aliphatic carbocycles. The molecule has 0 aliphatic rings. The van der Waals surface area contributed by atoms with Gasteiger partial charge in [0, 0.05) is 37.2 Å². The van der Waals surface area contributed by atoms with Crippen LogP contribution in [0.25, 0.3) is 0 Å². The molecule has 0 aromatic heterocycles. The average molecular weight is 452 g/mol. The number of aliphatic carboxylic acids is 3. The first-order valence-electron chi connectivity index (χ1n) is 7.21. The van der Waals surface area contributed by atoms with Gasteiger partial charge in [-0.3, -0.25) is 14.4 Å². The van der Waals surface area contributed by atoms with E-state index in [9.17, 15) is 44.1 Å². The molecule has 0 heterocycles. The second kappa shape index (κ2) is 18.1. The number of ketones is 3. The molecule has 0 N–H and O–H groups in total. The van der Waals surface area contributed by atoms with Crippen molar-refractivity contribution in [2.75, 3.05) is 0 Å². The van der Waals surface area contributed by atoms with Crippen LogP contribution in [-0.2, 0) is 53.5 Å². The Morgan fingerprint density at radius 1 is 0.615 bits per heavy atom. The van der Waals surface area contributed by atoms with E-state index in [-0.39, 0.29) is 17.3 Å². The van der Waals surface area contributed by atoms with Crippen molar-refractivity contribution in [1.29, 1.82) is 0 Å². The van der Waals surface area contributed by atoms with Gasteiger partial charge in [-0.15, -0.1) is 0 Å². The molecule has 0 atom stereocenters. The molecule has 0 unspecified atom stereocenters. The summed E-state index contributed by atoms with van der Waals surface area (Å²) in [5.74, 6) is -5.06. The molecular weight excluding hydrogens is 427 g/mol. The fourth-order valence-electron chi connectivity index (χ4n) is 0.610. The summed E-state index contributed by atoms with van der Waals surface area (Å²) >= 11 is 1.62. The van der Waals surface area contributed by atoms with E-state index in [1.807, 2.05) is 0 Å². The van der Waals surface area contributed by atoms with Gasteiger partial charge in [0.25, 0.3) is 0 Å². The van der Waals surface area contributed by atoms with Gasteiger partial charge >= 0.3 is 48.6 Å². The Kier molecular flexibility index (Phi) is 22.3. The van der Waals surface area contributed by atoms with Crippen LogP contribution >= 0.6 is 0 Å². The van der Waals surface area contributed by atoms with Gasteiger partial charge in [0.15, 0.2) is 0 Å².